The Balaban J connectivity index is 2.01. The SMILES string of the molecule is Cn1cc(C(=O)Nc2cccc3c2C(C)(O)CC3(C)C)c(C(F)F)n1. The summed E-state index contributed by atoms with van der Waals surface area (Å²) in [7, 11) is 1.48. The van der Waals surface area contributed by atoms with Gasteiger partial charge < -0.3 is 10.4 Å². The van der Waals surface area contributed by atoms with Crippen molar-refractivity contribution in [2.45, 2.75) is 44.6 Å². The van der Waals surface area contributed by atoms with Gasteiger partial charge in [0.15, 0.2) is 0 Å². The molecule has 0 aliphatic heterocycles. The molecule has 1 aromatic carbocycles. The largest absolute Gasteiger partial charge is 0.385 e. The Morgan fingerprint density at radius 3 is 2.68 bits per heavy atom. The van der Waals surface area contributed by atoms with E-state index >= 15 is 0 Å². The molecule has 1 unspecified atom stereocenters. The van der Waals surface area contributed by atoms with Gasteiger partial charge in [-0.25, -0.2) is 8.78 Å². The van der Waals surface area contributed by atoms with Crippen molar-refractivity contribution in [3.05, 3.63) is 46.8 Å². The Morgan fingerprint density at radius 2 is 2.04 bits per heavy atom. The van der Waals surface area contributed by atoms with E-state index in [-0.39, 0.29) is 11.0 Å². The number of aromatic nitrogens is 2. The van der Waals surface area contributed by atoms with E-state index in [1.54, 1.807) is 19.1 Å². The number of alkyl halides is 2. The summed E-state index contributed by atoms with van der Waals surface area (Å²) in [5.74, 6) is -0.669. The molecule has 25 heavy (non-hydrogen) atoms. The van der Waals surface area contributed by atoms with Crippen LogP contribution in [-0.4, -0.2) is 20.8 Å². The Hall–Kier alpha value is -2.28. The minimum Gasteiger partial charge on any atom is -0.385 e. The standard InChI is InChI=1S/C18H21F2N3O2/c1-17(2)9-18(3,25)13-11(17)6-5-7-12(13)21-16(24)10-8-23(4)22-14(10)15(19)20/h5-8,15,25H,9H2,1-4H3,(H,21,24). The van der Waals surface area contributed by atoms with E-state index in [4.69, 9.17) is 0 Å². The Kier molecular flexibility index (Phi) is 3.95. The van der Waals surface area contributed by atoms with Crippen molar-refractivity contribution in [3.8, 4) is 0 Å². The summed E-state index contributed by atoms with van der Waals surface area (Å²) in [6.45, 7) is 5.74. The molecule has 0 radical (unpaired) electrons. The molecule has 7 heteroatoms. The first kappa shape index (κ1) is 17.5. The summed E-state index contributed by atoms with van der Waals surface area (Å²) >= 11 is 0. The number of anilines is 1. The predicted octanol–water partition coefficient (Wildman–Crippen LogP) is 3.50. The number of carbonyl (C=O) groups excluding carboxylic acids is 1. The molecule has 1 heterocycles. The zero-order chi connectivity index (χ0) is 18.6. The molecule has 3 rings (SSSR count). The third-order valence-corrected chi connectivity index (χ3v) is 4.68. The number of fused-ring (bicyclic) bond motifs is 1. The van der Waals surface area contributed by atoms with Crippen molar-refractivity contribution in [2.75, 3.05) is 5.32 Å². The second-order valence-electron chi connectivity index (χ2n) is 7.42. The van der Waals surface area contributed by atoms with E-state index in [0.717, 1.165) is 5.56 Å². The fraction of sp³-hybridized carbons (Fsp3) is 0.444. The third-order valence-electron chi connectivity index (χ3n) is 4.68. The van der Waals surface area contributed by atoms with Crippen LogP contribution in [0.15, 0.2) is 24.4 Å². The Labute approximate surface area is 144 Å². The summed E-state index contributed by atoms with van der Waals surface area (Å²) in [4.78, 5) is 12.5. The lowest BCUT2D eigenvalue weighted by Gasteiger charge is -2.22. The molecule has 2 N–H and O–H groups in total. The van der Waals surface area contributed by atoms with E-state index in [9.17, 15) is 18.7 Å². The maximum atomic E-state index is 13.1. The average molecular weight is 349 g/mol. The number of hydrogen-bond donors (Lipinski definition) is 2. The van der Waals surface area contributed by atoms with Gasteiger partial charge in [-0.05, 0) is 30.4 Å². The van der Waals surface area contributed by atoms with Crippen LogP contribution in [0.2, 0.25) is 0 Å². The topological polar surface area (TPSA) is 67.2 Å². The molecule has 0 saturated carbocycles. The van der Waals surface area contributed by atoms with E-state index in [2.05, 4.69) is 10.4 Å². The van der Waals surface area contributed by atoms with Crippen molar-refractivity contribution >= 4 is 11.6 Å². The van der Waals surface area contributed by atoms with Gasteiger partial charge in [-0.15, -0.1) is 0 Å². The normalized spacial score (nSPS) is 21.4. The minimum atomic E-state index is -2.84. The number of benzene rings is 1. The van der Waals surface area contributed by atoms with Gasteiger partial charge in [0.2, 0.25) is 0 Å². The second kappa shape index (κ2) is 5.62. The summed E-state index contributed by atoms with van der Waals surface area (Å²) in [6, 6.07) is 5.38. The molecule has 1 aromatic heterocycles. The fourth-order valence-electron chi connectivity index (χ4n) is 3.88. The molecule has 5 nitrogen and oxygen atoms in total. The van der Waals surface area contributed by atoms with Crippen molar-refractivity contribution < 1.29 is 18.7 Å². The number of carbonyl (C=O) groups is 1. The summed E-state index contributed by atoms with van der Waals surface area (Å²) in [5, 5.41) is 17.1. The number of halogens is 2. The van der Waals surface area contributed by atoms with Crippen LogP contribution in [0.3, 0.4) is 0 Å². The van der Waals surface area contributed by atoms with Crippen LogP contribution in [0.5, 0.6) is 0 Å². The number of hydrogen-bond acceptors (Lipinski definition) is 3. The second-order valence-corrected chi connectivity index (χ2v) is 7.42. The van der Waals surface area contributed by atoms with Gasteiger partial charge in [0.25, 0.3) is 12.3 Å². The number of rotatable bonds is 3. The zero-order valence-electron chi connectivity index (χ0n) is 14.6. The molecule has 0 saturated heterocycles. The van der Waals surface area contributed by atoms with Gasteiger partial charge in [-0.2, -0.15) is 5.10 Å². The number of aliphatic hydroxyl groups is 1. The van der Waals surface area contributed by atoms with Crippen LogP contribution in [0, 0.1) is 0 Å². The Morgan fingerprint density at radius 1 is 1.36 bits per heavy atom. The molecular formula is C18H21F2N3O2. The first-order valence-corrected chi connectivity index (χ1v) is 8.02. The lowest BCUT2D eigenvalue weighted by molar-refractivity contribution is 0.0462. The maximum absolute atomic E-state index is 13.1. The zero-order valence-corrected chi connectivity index (χ0v) is 14.6. The summed E-state index contributed by atoms with van der Waals surface area (Å²) in [6.07, 6.45) is -1.06. The molecular weight excluding hydrogens is 328 g/mol. The van der Waals surface area contributed by atoms with Crippen molar-refractivity contribution in [3.63, 3.8) is 0 Å². The average Bonchev–Trinajstić information content (AvgIpc) is 2.95. The highest BCUT2D eigenvalue weighted by atomic mass is 19.3. The van der Waals surface area contributed by atoms with Gasteiger partial charge >= 0.3 is 0 Å². The minimum absolute atomic E-state index is 0.174. The van der Waals surface area contributed by atoms with E-state index in [1.165, 1.54) is 17.9 Å². The summed E-state index contributed by atoms with van der Waals surface area (Å²) in [5.41, 5.74) is -0.0780. The van der Waals surface area contributed by atoms with E-state index in [1.807, 2.05) is 19.9 Å². The van der Waals surface area contributed by atoms with E-state index < -0.39 is 23.6 Å². The molecule has 134 valence electrons. The highest BCUT2D eigenvalue weighted by Crippen LogP contribution is 2.50. The number of nitrogens with one attached hydrogen (secondary N) is 1. The van der Waals surface area contributed by atoms with Gasteiger partial charge in [-0.1, -0.05) is 26.0 Å². The maximum Gasteiger partial charge on any atom is 0.282 e. The van der Waals surface area contributed by atoms with Crippen LogP contribution >= 0.6 is 0 Å². The lowest BCUT2D eigenvalue weighted by atomic mass is 9.86. The van der Waals surface area contributed by atoms with Crippen LogP contribution in [0.1, 0.15) is 60.8 Å². The smallest absolute Gasteiger partial charge is 0.282 e. The first-order chi connectivity index (χ1) is 11.5. The van der Waals surface area contributed by atoms with Crippen LogP contribution in [0.25, 0.3) is 0 Å². The number of aryl methyl sites for hydroxylation is 1. The predicted molar refractivity (Wildman–Crippen MR) is 89.8 cm³/mol. The van der Waals surface area contributed by atoms with Crippen molar-refractivity contribution in [2.24, 2.45) is 7.05 Å². The molecule has 2 aromatic rings. The van der Waals surface area contributed by atoms with Crippen molar-refractivity contribution in [1.29, 1.82) is 0 Å². The lowest BCUT2D eigenvalue weighted by Crippen LogP contribution is -2.23. The van der Waals surface area contributed by atoms with E-state index in [0.29, 0.717) is 17.7 Å². The highest BCUT2D eigenvalue weighted by Gasteiger charge is 2.45. The molecule has 1 amide bonds. The highest BCUT2D eigenvalue weighted by molar-refractivity contribution is 6.05. The molecule has 0 spiro atoms. The molecule has 0 bridgehead atoms. The molecule has 1 aliphatic carbocycles. The van der Waals surface area contributed by atoms with Gasteiger partial charge in [0.1, 0.15) is 5.69 Å². The number of amides is 1. The van der Waals surface area contributed by atoms with Crippen LogP contribution in [-0.2, 0) is 18.1 Å². The molecule has 1 atom stereocenters. The third kappa shape index (κ3) is 2.93. The first-order valence-electron chi connectivity index (χ1n) is 8.02. The Bertz CT molecular complexity index is 841. The molecule has 0 fully saturated rings. The van der Waals surface area contributed by atoms with Gasteiger partial charge in [-0.3, -0.25) is 9.48 Å². The quantitative estimate of drug-likeness (QED) is 0.891. The van der Waals surface area contributed by atoms with Crippen LogP contribution in [0.4, 0.5) is 14.5 Å². The van der Waals surface area contributed by atoms with Crippen molar-refractivity contribution in [1.82, 2.24) is 9.78 Å². The molecule has 1 aliphatic rings. The number of nitrogens with zero attached hydrogens (tertiary/aromatic N) is 2. The monoisotopic (exact) mass is 349 g/mol. The summed E-state index contributed by atoms with van der Waals surface area (Å²) < 4.78 is 27.4. The van der Waals surface area contributed by atoms with Crippen LogP contribution < -0.4 is 5.32 Å². The van der Waals surface area contributed by atoms with Gasteiger partial charge in [0, 0.05) is 24.5 Å². The fourth-order valence-corrected chi connectivity index (χ4v) is 3.88. The van der Waals surface area contributed by atoms with Gasteiger partial charge in [0.05, 0.1) is 11.2 Å².